The Hall–Kier alpha value is -3.53. The van der Waals surface area contributed by atoms with Gasteiger partial charge in [-0.1, -0.05) is 66.7 Å². The van der Waals surface area contributed by atoms with Crippen molar-refractivity contribution in [2.75, 3.05) is 19.8 Å². The molecule has 4 N–H and O–H groups in total. The van der Waals surface area contributed by atoms with Crippen LogP contribution in [-0.4, -0.2) is 47.8 Å². The molecule has 0 saturated heterocycles. The summed E-state index contributed by atoms with van der Waals surface area (Å²) in [6, 6.07) is 24.3. The minimum Gasteiger partial charge on any atom is -0.489 e. The van der Waals surface area contributed by atoms with Gasteiger partial charge in [0.1, 0.15) is 18.4 Å². The highest BCUT2D eigenvalue weighted by Crippen LogP contribution is 2.43. The van der Waals surface area contributed by atoms with Crippen LogP contribution in [0.4, 0.5) is 0 Å². The zero-order valence-corrected chi connectivity index (χ0v) is 22.2. The summed E-state index contributed by atoms with van der Waals surface area (Å²) in [4.78, 5) is 32.3. The van der Waals surface area contributed by atoms with Gasteiger partial charge in [0.25, 0.3) is 0 Å². The molecule has 3 aromatic carbocycles. The van der Waals surface area contributed by atoms with E-state index in [4.69, 9.17) is 24.8 Å². The fraction of sp³-hybridized carbons (Fsp3) is 0.286. The molecule has 208 valence electrons. The Morgan fingerprint density at radius 3 is 2.38 bits per heavy atom. The number of para-hydroxylation sites is 1. The van der Waals surface area contributed by atoms with Crippen LogP contribution in [0.5, 0.6) is 5.75 Å². The number of carbonyl (C=O) groups is 2. The lowest BCUT2D eigenvalue weighted by Crippen LogP contribution is -2.34. The third-order valence-electron chi connectivity index (χ3n) is 5.54. The second kappa shape index (κ2) is 15.2. The topological polar surface area (TPSA) is 155 Å². The molecule has 3 aromatic rings. The molecule has 0 fully saturated rings. The van der Waals surface area contributed by atoms with Gasteiger partial charge in [0.2, 0.25) is 0 Å². The van der Waals surface area contributed by atoms with Crippen molar-refractivity contribution in [1.29, 1.82) is 0 Å². The summed E-state index contributed by atoms with van der Waals surface area (Å²) in [5.41, 5.74) is 9.33. The van der Waals surface area contributed by atoms with Crippen molar-refractivity contribution < 1.29 is 42.7 Å². The monoisotopic (exact) mass is 557 g/mol. The number of hydrogen-bond acceptors (Lipinski definition) is 8. The van der Waals surface area contributed by atoms with E-state index in [1.54, 1.807) is 0 Å². The predicted octanol–water partition coefficient (Wildman–Crippen LogP) is 4.34. The number of nitrogens with two attached hydrogens (primary N) is 1. The van der Waals surface area contributed by atoms with Gasteiger partial charge < -0.3 is 25.2 Å². The van der Waals surface area contributed by atoms with Crippen molar-refractivity contribution in [3.05, 3.63) is 90.0 Å². The largest absolute Gasteiger partial charge is 0.489 e. The maximum Gasteiger partial charge on any atom is 0.472 e. The zero-order chi connectivity index (χ0) is 28.1. The van der Waals surface area contributed by atoms with Crippen LogP contribution in [0.15, 0.2) is 78.9 Å². The molecular weight excluding hydrogens is 525 g/mol. The summed E-state index contributed by atoms with van der Waals surface area (Å²) in [5, 5.41) is 8.66. The highest BCUT2D eigenvalue weighted by atomic mass is 31.2. The lowest BCUT2D eigenvalue weighted by Gasteiger charge is -2.14. The molecule has 0 aliphatic heterocycles. The maximum atomic E-state index is 12.2. The highest BCUT2D eigenvalue weighted by Gasteiger charge is 2.24. The van der Waals surface area contributed by atoms with Gasteiger partial charge in [0.05, 0.1) is 19.8 Å². The smallest absolute Gasteiger partial charge is 0.472 e. The Morgan fingerprint density at radius 1 is 0.897 bits per heavy atom. The normalized spacial score (nSPS) is 13.3. The molecule has 39 heavy (non-hydrogen) atoms. The van der Waals surface area contributed by atoms with Gasteiger partial charge in [0.15, 0.2) is 0 Å². The summed E-state index contributed by atoms with van der Waals surface area (Å²) >= 11 is 0. The van der Waals surface area contributed by atoms with Crippen LogP contribution < -0.4 is 10.5 Å². The summed E-state index contributed by atoms with van der Waals surface area (Å²) in [6.45, 7) is -0.555. The van der Waals surface area contributed by atoms with E-state index >= 15 is 0 Å². The molecule has 0 spiro atoms. The first-order valence-electron chi connectivity index (χ1n) is 12.3. The number of aliphatic carboxylic acids is 1. The molecule has 0 radical (unpaired) electrons. The number of carboxylic acid groups (broad SMARTS) is 1. The first-order chi connectivity index (χ1) is 18.7. The molecule has 3 rings (SSSR count). The quantitative estimate of drug-likeness (QED) is 0.132. The molecule has 11 heteroatoms. The zero-order valence-electron chi connectivity index (χ0n) is 21.3. The number of carboxylic acids is 1. The van der Waals surface area contributed by atoms with Crippen LogP contribution >= 0.6 is 7.82 Å². The predicted molar refractivity (Wildman–Crippen MR) is 144 cm³/mol. The fourth-order valence-electron chi connectivity index (χ4n) is 3.50. The van der Waals surface area contributed by atoms with Crippen molar-refractivity contribution >= 4 is 19.8 Å². The Bertz CT molecular complexity index is 1270. The van der Waals surface area contributed by atoms with Gasteiger partial charge in [0, 0.05) is 12.8 Å². The van der Waals surface area contributed by atoms with Gasteiger partial charge in [-0.05, 0) is 40.8 Å². The average molecular weight is 558 g/mol. The van der Waals surface area contributed by atoms with E-state index in [0.717, 1.165) is 22.3 Å². The van der Waals surface area contributed by atoms with Gasteiger partial charge in [-0.25, -0.2) is 4.57 Å². The second-order valence-corrected chi connectivity index (χ2v) is 10.0. The van der Waals surface area contributed by atoms with Gasteiger partial charge in [-0.15, -0.1) is 0 Å². The molecule has 10 nitrogen and oxygen atoms in total. The standard InChI is InChI=1S/C28H32NO9P/c29-25(28(31)32)20-38-39(33,34)37-17-7-16-35-27(30)15-14-23-11-4-5-13-26(23)36-19-21-8-6-12-24(18-21)22-9-2-1-3-10-22/h1-6,8-13,18,25H,7,14-17,19-20,29H2,(H,31,32)(H,33,34)/t25-/m0/s1. The van der Waals surface area contributed by atoms with Gasteiger partial charge in [-0.3, -0.25) is 18.6 Å². The molecule has 0 aliphatic rings. The van der Waals surface area contributed by atoms with Crippen LogP contribution in [0.2, 0.25) is 0 Å². The van der Waals surface area contributed by atoms with E-state index < -0.39 is 32.4 Å². The van der Waals surface area contributed by atoms with E-state index in [-0.39, 0.29) is 26.1 Å². The van der Waals surface area contributed by atoms with Crippen LogP contribution in [-0.2, 0) is 41.0 Å². The number of carbonyl (C=O) groups excluding carboxylic acids is 1. The van der Waals surface area contributed by atoms with Crippen LogP contribution in [0.25, 0.3) is 11.1 Å². The molecule has 0 aromatic heterocycles. The molecule has 1 unspecified atom stereocenters. The summed E-state index contributed by atoms with van der Waals surface area (Å²) in [6.07, 6.45) is 0.685. The van der Waals surface area contributed by atoms with Crippen LogP contribution in [0, 0.1) is 0 Å². The van der Waals surface area contributed by atoms with Crippen LogP contribution in [0.3, 0.4) is 0 Å². The number of benzene rings is 3. The van der Waals surface area contributed by atoms with Crippen LogP contribution in [0.1, 0.15) is 24.0 Å². The first kappa shape index (κ1) is 30.0. The molecule has 0 heterocycles. The Morgan fingerprint density at radius 2 is 1.62 bits per heavy atom. The Labute approximate surface area is 226 Å². The Balaban J connectivity index is 1.39. The number of phosphoric ester groups is 1. The lowest BCUT2D eigenvalue weighted by molar-refractivity contribution is -0.143. The molecule has 2 atom stereocenters. The summed E-state index contributed by atoms with van der Waals surface area (Å²) in [7, 11) is -4.45. The number of rotatable bonds is 16. The van der Waals surface area contributed by atoms with Crippen molar-refractivity contribution in [3.63, 3.8) is 0 Å². The molecule has 0 amide bonds. The molecule has 0 bridgehead atoms. The second-order valence-electron chi connectivity index (χ2n) is 8.58. The first-order valence-corrected chi connectivity index (χ1v) is 13.8. The molecular formula is C28H32NO9P. The van der Waals surface area contributed by atoms with E-state index in [1.165, 1.54) is 0 Å². The number of esters is 1. The minimum absolute atomic E-state index is 0.0244. The SMILES string of the molecule is N[C@@H](COP(=O)(O)OCCCOC(=O)CCc1ccccc1OCc1cccc(-c2ccccc2)c1)C(=O)O. The van der Waals surface area contributed by atoms with Crippen molar-refractivity contribution in [2.24, 2.45) is 5.73 Å². The van der Waals surface area contributed by atoms with E-state index in [1.807, 2.05) is 54.6 Å². The van der Waals surface area contributed by atoms with E-state index in [2.05, 4.69) is 28.8 Å². The maximum absolute atomic E-state index is 12.2. The van der Waals surface area contributed by atoms with Gasteiger partial charge >= 0.3 is 19.8 Å². The van der Waals surface area contributed by atoms with E-state index in [9.17, 15) is 19.0 Å². The van der Waals surface area contributed by atoms with Crippen molar-refractivity contribution in [1.82, 2.24) is 0 Å². The summed E-state index contributed by atoms with van der Waals surface area (Å²) in [5.74, 6) is -1.12. The van der Waals surface area contributed by atoms with Crippen molar-refractivity contribution in [3.8, 4) is 16.9 Å². The number of ether oxygens (including phenoxy) is 2. The third-order valence-corrected chi connectivity index (χ3v) is 6.52. The highest BCUT2D eigenvalue weighted by molar-refractivity contribution is 7.47. The van der Waals surface area contributed by atoms with E-state index in [0.29, 0.717) is 18.8 Å². The van der Waals surface area contributed by atoms with Gasteiger partial charge in [-0.2, -0.15) is 0 Å². The lowest BCUT2D eigenvalue weighted by atomic mass is 10.0. The number of phosphoric acid groups is 1. The average Bonchev–Trinajstić information content (AvgIpc) is 2.94. The third kappa shape index (κ3) is 10.6. The minimum atomic E-state index is -4.45. The molecule has 0 aliphatic carbocycles. The molecule has 0 saturated carbocycles. The summed E-state index contributed by atoms with van der Waals surface area (Å²) < 4.78 is 32.2. The Kier molecular flexibility index (Phi) is 11.7. The number of aryl methyl sites for hydroxylation is 1. The fourth-order valence-corrected chi connectivity index (χ4v) is 4.28. The number of hydrogen-bond donors (Lipinski definition) is 3. The van der Waals surface area contributed by atoms with Crippen molar-refractivity contribution in [2.45, 2.75) is 31.9 Å².